The number of carbonyl (C=O) groups is 1. The molecule has 0 aliphatic rings. The maximum Gasteiger partial charge on any atom is 0.222 e. The fraction of sp³-hybridized carbons (Fsp3) is 0.312. The molecule has 0 unspecified atom stereocenters. The number of halogens is 2. The van der Waals surface area contributed by atoms with E-state index in [1.54, 1.807) is 24.1 Å². The Morgan fingerprint density at radius 3 is 2.73 bits per heavy atom. The maximum absolute atomic E-state index is 13.6. The van der Waals surface area contributed by atoms with E-state index in [2.05, 4.69) is 0 Å². The Hall–Kier alpha value is -1.59. The summed E-state index contributed by atoms with van der Waals surface area (Å²) in [6, 6.07) is 8.49. The lowest BCUT2D eigenvalue weighted by Crippen LogP contribution is -2.25. The highest BCUT2D eigenvalue weighted by atomic mass is 35.5. The van der Waals surface area contributed by atoms with E-state index in [0.29, 0.717) is 23.7 Å². The average Bonchev–Trinajstić information content (AvgIpc) is 2.90. The van der Waals surface area contributed by atoms with Gasteiger partial charge >= 0.3 is 0 Å². The van der Waals surface area contributed by atoms with Gasteiger partial charge in [0, 0.05) is 18.3 Å². The van der Waals surface area contributed by atoms with Crippen molar-refractivity contribution in [2.45, 2.75) is 19.4 Å². The van der Waals surface area contributed by atoms with Crippen LogP contribution in [-0.2, 0) is 17.8 Å². The minimum Gasteiger partial charge on any atom is -0.494 e. The van der Waals surface area contributed by atoms with Crippen LogP contribution >= 0.6 is 22.9 Å². The molecule has 1 heterocycles. The average molecular weight is 342 g/mol. The minimum absolute atomic E-state index is 0.0146. The van der Waals surface area contributed by atoms with E-state index in [0.717, 1.165) is 10.4 Å². The lowest BCUT2D eigenvalue weighted by molar-refractivity contribution is -0.130. The van der Waals surface area contributed by atoms with E-state index < -0.39 is 5.82 Å². The smallest absolute Gasteiger partial charge is 0.222 e. The van der Waals surface area contributed by atoms with Crippen molar-refractivity contribution in [3.8, 4) is 5.75 Å². The summed E-state index contributed by atoms with van der Waals surface area (Å²) in [6.45, 7) is 0.535. The van der Waals surface area contributed by atoms with Gasteiger partial charge in [0.05, 0.1) is 18.0 Å². The predicted molar refractivity (Wildman–Crippen MR) is 87.1 cm³/mol. The molecule has 0 N–H and O–H groups in total. The maximum atomic E-state index is 13.6. The Morgan fingerprint density at radius 2 is 2.14 bits per heavy atom. The van der Waals surface area contributed by atoms with Crippen LogP contribution < -0.4 is 4.74 Å². The summed E-state index contributed by atoms with van der Waals surface area (Å²) in [4.78, 5) is 14.8. The zero-order chi connectivity index (χ0) is 16.1. The summed E-state index contributed by atoms with van der Waals surface area (Å²) < 4.78 is 19.2. The predicted octanol–water partition coefficient (Wildman–Crippen LogP) is 4.14. The van der Waals surface area contributed by atoms with E-state index in [1.807, 2.05) is 12.1 Å². The molecule has 118 valence electrons. The summed E-state index contributed by atoms with van der Waals surface area (Å²) >= 11 is 7.34. The van der Waals surface area contributed by atoms with Crippen LogP contribution in [0.15, 0.2) is 30.3 Å². The number of benzene rings is 1. The van der Waals surface area contributed by atoms with Gasteiger partial charge in [0.1, 0.15) is 0 Å². The van der Waals surface area contributed by atoms with Gasteiger partial charge in [0.15, 0.2) is 11.6 Å². The summed E-state index contributed by atoms with van der Waals surface area (Å²) in [5.41, 5.74) is 0.777. The highest BCUT2D eigenvalue weighted by Gasteiger charge is 2.11. The van der Waals surface area contributed by atoms with Crippen LogP contribution in [0.4, 0.5) is 4.39 Å². The van der Waals surface area contributed by atoms with Gasteiger partial charge < -0.3 is 9.64 Å². The molecule has 6 heteroatoms. The van der Waals surface area contributed by atoms with Gasteiger partial charge in [-0.3, -0.25) is 4.79 Å². The molecule has 1 aromatic heterocycles. The first-order chi connectivity index (χ1) is 10.5. The lowest BCUT2D eigenvalue weighted by atomic mass is 10.1. The minimum atomic E-state index is -0.408. The summed E-state index contributed by atoms with van der Waals surface area (Å²) in [6.07, 6.45) is 0.830. The third-order valence-electron chi connectivity index (χ3n) is 3.29. The molecule has 0 atom stereocenters. The Balaban J connectivity index is 1.87. The number of ether oxygens (including phenoxy) is 1. The molecule has 22 heavy (non-hydrogen) atoms. The molecule has 0 aliphatic heterocycles. The number of carbonyl (C=O) groups excluding carboxylic acids is 1. The molecule has 0 radical (unpaired) electrons. The highest BCUT2D eigenvalue weighted by Crippen LogP contribution is 2.23. The zero-order valence-corrected chi connectivity index (χ0v) is 14.0. The Labute approximate surface area is 138 Å². The molecule has 0 spiro atoms. The van der Waals surface area contributed by atoms with Crippen LogP contribution in [0.5, 0.6) is 5.75 Å². The second kappa shape index (κ2) is 7.61. The second-order valence-electron chi connectivity index (χ2n) is 4.92. The first-order valence-corrected chi connectivity index (χ1v) is 7.99. The number of methoxy groups -OCH3 is 1. The number of hydrogen-bond acceptors (Lipinski definition) is 3. The molecule has 1 aromatic carbocycles. The van der Waals surface area contributed by atoms with Gasteiger partial charge in [-0.25, -0.2) is 4.39 Å². The lowest BCUT2D eigenvalue weighted by Gasteiger charge is -2.16. The van der Waals surface area contributed by atoms with Crippen molar-refractivity contribution < 1.29 is 13.9 Å². The van der Waals surface area contributed by atoms with Crippen molar-refractivity contribution >= 4 is 28.8 Å². The third-order valence-corrected chi connectivity index (χ3v) is 4.51. The zero-order valence-electron chi connectivity index (χ0n) is 12.4. The van der Waals surface area contributed by atoms with Crippen LogP contribution in [0.2, 0.25) is 4.34 Å². The third kappa shape index (κ3) is 4.45. The number of nitrogens with zero attached hydrogens (tertiary/aromatic N) is 1. The first-order valence-electron chi connectivity index (χ1n) is 6.80. The molecular weight excluding hydrogens is 325 g/mol. The topological polar surface area (TPSA) is 29.5 Å². The summed E-state index contributed by atoms with van der Waals surface area (Å²) in [5.74, 6) is -0.184. The highest BCUT2D eigenvalue weighted by molar-refractivity contribution is 7.16. The van der Waals surface area contributed by atoms with E-state index in [4.69, 9.17) is 16.3 Å². The first kappa shape index (κ1) is 16.8. The second-order valence-corrected chi connectivity index (χ2v) is 6.72. The van der Waals surface area contributed by atoms with Crippen molar-refractivity contribution in [2.24, 2.45) is 0 Å². The Kier molecular flexibility index (Phi) is 5.80. The summed E-state index contributed by atoms with van der Waals surface area (Å²) in [5, 5.41) is 0. The van der Waals surface area contributed by atoms with Crippen molar-refractivity contribution in [2.75, 3.05) is 14.2 Å². The normalized spacial score (nSPS) is 10.5. The molecule has 0 saturated heterocycles. The van der Waals surface area contributed by atoms with Crippen LogP contribution in [0.25, 0.3) is 0 Å². The molecule has 0 saturated carbocycles. The van der Waals surface area contributed by atoms with E-state index >= 15 is 0 Å². The largest absolute Gasteiger partial charge is 0.494 e. The van der Waals surface area contributed by atoms with Gasteiger partial charge in [-0.05, 0) is 36.2 Å². The van der Waals surface area contributed by atoms with Gasteiger partial charge in [-0.15, -0.1) is 11.3 Å². The van der Waals surface area contributed by atoms with Crippen molar-refractivity contribution in [1.29, 1.82) is 0 Å². The van der Waals surface area contributed by atoms with Gasteiger partial charge in [0.25, 0.3) is 0 Å². The van der Waals surface area contributed by atoms with Crippen LogP contribution in [0.1, 0.15) is 16.9 Å². The van der Waals surface area contributed by atoms with Crippen LogP contribution in [-0.4, -0.2) is 25.0 Å². The molecule has 1 amide bonds. The fourth-order valence-electron chi connectivity index (χ4n) is 2.07. The van der Waals surface area contributed by atoms with Crippen molar-refractivity contribution in [1.82, 2.24) is 4.90 Å². The van der Waals surface area contributed by atoms with Gasteiger partial charge in [0.2, 0.25) is 5.91 Å². The fourth-order valence-corrected chi connectivity index (χ4v) is 3.21. The number of aryl methyl sites for hydroxylation is 1. The number of rotatable bonds is 6. The molecule has 0 bridgehead atoms. The Bertz CT molecular complexity index is 659. The van der Waals surface area contributed by atoms with Crippen molar-refractivity contribution in [3.05, 3.63) is 50.9 Å². The van der Waals surface area contributed by atoms with Gasteiger partial charge in [-0.1, -0.05) is 17.7 Å². The van der Waals surface area contributed by atoms with Gasteiger partial charge in [-0.2, -0.15) is 0 Å². The number of hydrogen-bond donors (Lipinski definition) is 0. The molecule has 2 rings (SSSR count). The van der Waals surface area contributed by atoms with Crippen LogP contribution in [0.3, 0.4) is 0 Å². The molecule has 0 aliphatic carbocycles. The standard InChI is InChI=1S/C16H17ClFNO2S/c1-19(10-12-5-7-15(17)22-12)16(20)8-4-11-3-6-14(21-2)13(18)9-11/h3,5-7,9H,4,8,10H2,1-2H3. The quantitative estimate of drug-likeness (QED) is 0.790. The molecular formula is C16H17ClFNO2S. The molecule has 2 aromatic rings. The van der Waals surface area contributed by atoms with E-state index in [9.17, 15) is 9.18 Å². The van der Waals surface area contributed by atoms with E-state index in [-0.39, 0.29) is 11.7 Å². The molecule has 0 fully saturated rings. The summed E-state index contributed by atoms with van der Waals surface area (Å²) in [7, 11) is 3.18. The number of thiophene rings is 1. The monoisotopic (exact) mass is 341 g/mol. The number of amides is 1. The SMILES string of the molecule is COc1ccc(CCC(=O)N(C)Cc2ccc(Cl)s2)cc1F. The van der Waals surface area contributed by atoms with E-state index in [1.165, 1.54) is 24.5 Å². The van der Waals surface area contributed by atoms with Crippen molar-refractivity contribution in [3.63, 3.8) is 0 Å². The molecule has 3 nitrogen and oxygen atoms in total. The Morgan fingerprint density at radius 1 is 1.36 bits per heavy atom. The van der Waals surface area contributed by atoms with Crippen LogP contribution in [0, 0.1) is 5.82 Å².